The summed E-state index contributed by atoms with van der Waals surface area (Å²) in [4.78, 5) is 2.50. The van der Waals surface area contributed by atoms with Crippen molar-refractivity contribution < 1.29 is 4.74 Å². The smallest absolute Gasteiger partial charge is 0.0491 e. The van der Waals surface area contributed by atoms with Crippen LogP contribution in [0.5, 0.6) is 0 Å². The molecule has 0 aliphatic carbocycles. The van der Waals surface area contributed by atoms with Crippen LogP contribution < -0.4 is 0 Å². The molecule has 0 amide bonds. The van der Waals surface area contributed by atoms with E-state index >= 15 is 0 Å². The fraction of sp³-hybridized carbons (Fsp3) is 1.00. The zero-order valence-corrected chi connectivity index (χ0v) is 9.42. The number of likely N-dealkylation sites (tertiary alicyclic amines) is 1. The summed E-state index contributed by atoms with van der Waals surface area (Å²) in [5.74, 6) is 1.55. The molecule has 0 saturated carbocycles. The van der Waals surface area contributed by atoms with Crippen molar-refractivity contribution in [2.45, 2.75) is 32.7 Å². The minimum Gasteiger partial charge on any atom is -0.384 e. The SMILES string of the molecule is COCC1CCN(C)C(C(C)C)C1. The van der Waals surface area contributed by atoms with Gasteiger partial charge in [0.2, 0.25) is 0 Å². The fourth-order valence-electron chi connectivity index (χ4n) is 2.36. The largest absolute Gasteiger partial charge is 0.384 e. The topological polar surface area (TPSA) is 12.5 Å². The summed E-state index contributed by atoms with van der Waals surface area (Å²) in [7, 11) is 4.05. The average molecular weight is 185 g/mol. The second kappa shape index (κ2) is 4.97. The summed E-state index contributed by atoms with van der Waals surface area (Å²) in [6.45, 7) is 6.81. The molecule has 0 N–H and O–H groups in total. The fourth-order valence-corrected chi connectivity index (χ4v) is 2.36. The van der Waals surface area contributed by atoms with Crippen LogP contribution in [0, 0.1) is 11.8 Å². The molecule has 1 aliphatic rings. The van der Waals surface area contributed by atoms with E-state index in [9.17, 15) is 0 Å². The van der Waals surface area contributed by atoms with Crippen LogP contribution in [0.4, 0.5) is 0 Å². The van der Waals surface area contributed by atoms with Crippen molar-refractivity contribution in [3.8, 4) is 0 Å². The van der Waals surface area contributed by atoms with Crippen LogP contribution in [-0.2, 0) is 4.74 Å². The van der Waals surface area contributed by atoms with Crippen molar-refractivity contribution in [2.24, 2.45) is 11.8 Å². The molecule has 78 valence electrons. The van der Waals surface area contributed by atoms with Gasteiger partial charge in [-0.05, 0) is 38.3 Å². The summed E-state index contributed by atoms with van der Waals surface area (Å²) in [6.07, 6.45) is 2.61. The standard InChI is InChI=1S/C11H23NO/c1-9(2)11-7-10(8-13-4)5-6-12(11)3/h9-11H,5-8H2,1-4H3. The van der Waals surface area contributed by atoms with Crippen molar-refractivity contribution in [1.29, 1.82) is 0 Å². The van der Waals surface area contributed by atoms with Crippen molar-refractivity contribution in [3.05, 3.63) is 0 Å². The molecule has 1 saturated heterocycles. The maximum Gasteiger partial charge on any atom is 0.0491 e. The molecule has 0 aromatic heterocycles. The summed E-state index contributed by atoms with van der Waals surface area (Å²) < 4.78 is 5.23. The van der Waals surface area contributed by atoms with Crippen LogP contribution in [0.15, 0.2) is 0 Å². The van der Waals surface area contributed by atoms with E-state index in [0.717, 1.165) is 24.5 Å². The van der Waals surface area contributed by atoms with Gasteiger partial charge in [-0.3, -0.25) is 0 Å². The van der Waals surface area contributed by atoms with Gasteiger partial charge in [-0.25, -0.2) is 0 Å². The lowest BCUT2D eigenvalue weighted by Crippen LogP contribution is -2.43. The molecule has 2 nitrogen and oxygen atoms in total. The van der Waals surface area contributed by atoms with E-state index in [1.807, 2.05) is 7.11 Å². The average Bonchev–Trinajstić information content (AvgIpc) is 2.08. The Morgan fingerprint density at radius 2 is 2.15 bits per heavy atom. The first kappa shape index (κ1) is 11.0. The molecule has 2 atom stereocenters. The molecule has 0 bridgehead atoms. The molecule has 13 heavy (non-hydrogen) atoms. The Morgan fingerprint density at radius 1 is 1.46 bits per heavy atom. The van der Waals surface area contributed by atoms with E-state index < -0.39 is 0 Å². The summed E-state index contributed by atoms with van der Waals surface area (Å²) in [6, 6.07) is 0.758. The van der Waals surface area contributed by atoms with Gasteiger partial charge < -0.3 is 9.64 Å². The van der Waals surface area contributed by atoms with E-state index in [-0.39, 0.29) is 0 Å². The highest BCUT2D eigenvalue weighted by atomic mass is 16.5. The Morgan fingerprint density at radius 3 is 2.69 bits per heavy atom. The van der Waals surface area contributed by atoms with Gasteiger partial charge >= 0.3 is 0 Å². The zero-order chi connectivity index (χ0) is 9.84. The molecular formula is C11H23NO. The van der Waals surface area contributed by atoms with Gasteiger partial charge in [-0.1, -0.05) is 13.8 Å². The first-order valence-corrected chi connectivity index (χ1v) is 5.34. The lowest BCUT2D eigenvalue weighted by molar-refractivity contribution is 0.0596. The van der Waals surface area contributed by atoms with Crippen LogP contribution in [-0.4, -0.2) is 38.3 Å². The van der Waals surface area contributed by atoms with Crippen molar-refractivity contribution in [2.75, 3.05) is 27.3 Å². The Balaban J connectivity index is 2.43. The minimum absolute atomic E-state index is 0.758. The molecule has 0 aromatic rings. The van der Waals surface area contributed by atoms with Gasteiger partial charge in [0.1, 0.15) is 0 Å². The number of piperidine rings is 1. The van der Waals surface area contributed by atoms with Crippen LogP contribution >= 0.6 is 0 Å². The Bertz CT molecular complexity index is 147. The molecule has 2 heteroatoms. The predicted molar refractivity (Wildman–Crippen MR) is 55.9 cm³/mol. The minimum atomic E-state index is 0.758. The summed E-state index contributed by atoms with van der Waals surface area (Å²) >= 11 is 0. The van der Waals surface area contributed by atoms with Crippen molar-refractivity contribution in [1.82, 2.24) is 4.90 Å². The maximum atomic E-state index is 5.23. The number of methoxy groups -OCH3 is 1. The summed E-state index contributed by atoms with van der Waals surface area (Å²) in [5, 5.41) is 0. The van der Waals surface area contributed by atoms with Crippen LogP contribution in [0.25, 0.3) is 0 Å². The van der Waals surface area contributed by atoms with Gasteiger partial charge in [0.05, 0.1) is 0 Å². The second-order valence-electron chi connectivity index (χ2n) is 4.64. The number of hydrogen-bond acceptors (Lipinski definition) is 2. The normalized spacial score (nSPS) is 31.2. The maximum absolute atomic E-state index is 5.23. The Kier molecular flexibility index (Phi) is 4.20. The summed E-state index contributed by atoms with van der Waals surface area (Å²) in [5.41, 5.74) is 0. The van der Waals surface area contributed by atoms with Crippen molar-refractivity contribution >= 4 is 0 Å². The zero-order valence-electron chi connectivity index (χ0n) is 9.42. The molecular weight excluding hydrogens is 162 g/mol. The van der Waals surface area contributed by atoms with Crippen LogP contribution in [0.2, 0.25) is 0 Å². The molecule has 1 rings (SSSR count). The number of hydrogen-bond donors (Lipinski definition) is 0. The monoisotopic (exact) mass is 185 g/mol. The molecule has 2 unspecified atom stereocenters. The third kappa shape index (κ3) is 2.96. The molecule has 1 aliphatic heterocycles. The Hall–Kier alpha value is -0.0800. The first-order valence-electron chi connectivity index (χ1n) is 5.34. The van der Waals surface area contributed by atoms with E-state index in [0.29, 0.717) is 0 Å². The van der Waals surface area contributed by atoms with Gasteiger partial charge in [0, 0.05) is 19.8 Å². The molecule has 0 aromatic carbocycles. The number of nitrogens with zero attached hydrogens (tertiary/aromatic N) is 1. The van der Waals surface area contributed by atoms with Crippen LogP contribution in [0.3, 0.4) is 0 Å². The van der Waals surface area contributed by atoms with E-state index in [1.54, 1.807) is 0 Å². The molecule has 0 radical (unpaired) electrons. The first-order chi connectivity index (χ1) is 6.15. The van der Waals surface area contributed by atoms with Gasteiger partial charge in [0.25, 0.3) is 0 Å². The molecule has 0 spiro atoms. The van der Waals surface area contributed by atoms with Crippen LogP contribution in [0.1, 0.15) is 26.7 Å². The van der Waals surface area contributed by atoms with E-state index in [2.05, 4.69) is 25.8 Å². The lowest BCUT2D eigenvalue weighted by atomic mass is 9.86. The number of rotatable bonds is 3. The highest BCUT2D eigenvalue weighted by molar-refractivity contribution is 4.81. The third-order valence-electron chi connectivity index (χ3n) is 3.20. The lowest BCUT2D eigenvalue weighted by Gasteiger charge is -2.39. The predicted octanol–water partition coefficient (Wildman–Crippen LogP) is 2.00. The van der Waals surface area contributed by atoms with E-state index in [1.165, 1.54) is 19.4 Å². The van der Waals surface area contributed by atoms with Gasteiger partial charge in [-0.2, -0.15) is 0 Å². The number of ether oxygens (including phenoxy) is 1. The van der Waals surface area contributed by atoms with Gasteiger partial charge in [-0.15, -0.1) is 0 Å². The molecule has 1 heterocycles. The second-order valence-corrected chi connectivity index (χ2v) is 4.64. The highest BCUT2D eigenvalue weighted by Crippen LogP contribution is 2.26. The third-order valence-corrected chi connectivity index (χ3v) is 3.20. The quantitative estimate of drug-likeness (QED) is 0.667. The van der Waals surface area contributed by atoms with Crippen molar-refractivity contribution in [3.63, 3.8) is 0 Å². The van der Waals surface area contributed by atoms with Gasteiger partial charge in [0.15, 0.2) is 0 Å². The Labute approximate surface area is 82.3 Å². The highest BCUT2D eigenvalue weighted by Gasteiger charge is 2.27. The van der Waals surface area contributed by atoms with E-state index in [4.69, 9.17) is 4.74 Å². The molecule has 1 fully saturated rings.